The molecule has 0 aliphatic rings. The summed E-state index contributed by atoms with van der Waals surface area (Å²) in [6.45, 7) is 0. The predicted molar refractivity (Wildman–Crippen MR) is 102 cm³/mol. The number of benzene rings is 2. The number of carbonyl (C=O) groups is 1. The smallest absolute Gasteiger partial charge is 0.298 e. The summed E-state index contributed by atoms with van der Waals surface area (Å²) in [5.74, 6) is -0.570. The van der Waals surface area contributed by atoms with Gasteiger partial charge < -0.3 is 0 Å². The van der Waals surface area contributed by atoms with Gasteiger partial charge in [0.25, 0.3) is 0 Å². The lowest BCUT2D eigenvalue weighted by molar-refractivity contribution is -0.137. The summed E-state index contributed by atoms with van der Waals surface area (Å²) in [5.41, 5.74) is -0.0514. The Kier molecular flexibility index (Phi) is 5.26. The molecule has 0 fully saturated rings. The molecule has 0 saturated carbocycles. The molecule has 5 nitrogen and oxygen atoms in total. The number of carbonyl (C=O) groups excluding carboxylic acids is 1. The molecule has 1 N–H and O–H groups in total. The number of fused-ring (bicyclic) bond motifs is 1. The van der Waals surface area contributed by atoms with Gasteiger partial charge in [0.1, 0.15) is 0 Å². The second-order valence-electron chi connectivity index (χ2n) is 5.87. The third-order valence-corrected chi connectivity index (χ3v) is 5.70. The zero-order valence-corrected chi connectivity index (χ0v) is 16.0. The standard InChI is InChI=1S/C18H13F3N2O3S2/c1-28(25,26)13-6-7-14-15(10-13)27-17(22-14)23-16(24)8-5-11-3-2-4-12(9-11)18(19,20)21/h2-10H,1H3,(H,22,23,24). The van der Waals surface area contributed by atoms with Gasteiger partial charge in [0.05, 0.1) is 20.7 Å². The summed E-state index contributed by atoms with van der Waals surface area (Å²) in [6, 6.07) is 9.03. The monoisotopic (exact) mass is 426 g/mol. The Hall–Kier alpha value is -2.72. The summed E-state index contributed by atoms with van der Waals surface area (Å²) < 4.78 is 61.9. The first-order chi connectivity index (χ1) is 13.0. The van der Waals surface area contributed by atoms with Crippen LogP contribution in [0, 0.1) is 0 Å². The lowest BCUT2D eigenvalue weighted by Gasteiger charge is -2.06. The van der Waals surface area contributed by atoms with E-state index < -0.39 is 27.5 Å². The van der Waals surface area contributed by atoms with E-state index >= 15 is 0 Å². The Labute approximate surface area is 162 Å². The molecular formula is C18H13F3N2O3S2. The largest absolute Gasteiger partial charge is 0.416 e. The maximum absolute atomic E-state index is 12.7. The van der Waals surface area contributed by atoms with Crippen LogP contribution in [0.25, 0.3) is 16.3 Å². The van der Waals surface area contributed by atoms with E-state index in [1.54, 1.807) is 0 Å². The number of hydrogen-bond acceptors (Lipinski definition) is 5. The molecule has 3 aromatic rings. The third-order valence-electron chi connectivity index (χ3n) is 3.66. The number of aromatic nitrogens is 1. The van der Waals surface area contributed by atoms with E-state index in [1.165, 1.54) is 36.4 Å². The molecule has 0 aliphatic carbocycles. The molecule has 1 heterocycles. The molecule has 2 aromatic carbocycles. The van der Waals surface area contributed by atoms with Crippen molar-refractivity contribution in [3.05, 3.63) is 59.7 Å². The Balaban J connectivity index is 1.75. The van der Waals surface area contributed by atoms with Crippen LogP contribution in [0.4, 0.5) is 18.3 Å². The average Bonchev–Trinajstić information content (AvgIpc) is 3.00. The van der Waals surface area contributed by atoms with E-state index in [0.717, 1.165) is 35.8 Å². The van der Waals surface area contributed by atoms with Crippen molar-refractivity contribution in [3.63, 3.8) is 0 Å². The summed E-state index contributed by atoms with van der Waals surface area (Å²) in [7, 11) is -3.36. The summed E-state index contributed by atoms with van der Waals surface area (Å²) in [6.07, 6.45) is -1.00. The molecule has 1 aromatic heterocycles. The number of amides is 1. The topological polar surface area (TPSA) is 76.1 Å². The fourth-order valence-electron chi connectivity index (χ4n) is 2.33. The molecule has 0 bridgehead atoms. The van der Waals surface area contributed by atoms with Crippen molar-refractivity contribution in [2.24, 2.45) is 0 Å². The minimum Gasteiger partial charge on any atom is -0.298 e. The van der Waals surface area contributed by atoms with Gasteiger partial charge in [-0.05, 0) is 42.0 Å². The molecule has 0 aliphatic heterocycles. The van der Waals surface area contributed by atoms with E-state index in [-0.39, 0.29) is 15.6 Å². The van der Waals surface area contributed by atoms with Crippen molar-refractivity contribution < 1.29 is 26.4 Å². The van der Waals surface area contributed by atoms with Crippen molar-refractivity contribution in [1.82, 2.24) is 4.98 Å². The van der Waals surface area contributed by atoms with Crippen molar-refractivity contribution in [1.29, 1.82) is 0 Å². The second kappa shape index (κ2) is 7.36. The Morgan fingerprint density at radius 3 is 2.61 bits per heavy atom. The fourth-order valence-corrected chi connectivity index (χ4v) is 3.96. The molecule has 0 spiro atoms. The summed E-state index contributed by atoms with van der Waals surface area (Å²) in [5, 5.41) is 2.76. The number of rotatable bonds is 4. The number of alkyl halides is 3. The van der Waals surface area contributed by atoms with E-state index in [9.17, 15) is 26.4 Å². The van der Waals surface area contributed by atoms with Crippen LogP contribution in [0.15, 0.2) is 53.4 Å². The molecule has 0 radical (unpaired) electrons. The highest BCUT2D eigenvalue weighted by Gasteiger charge is 2.30. The van der Waals surface area contributed by atoms with E-state index in [1.807, 2.05) is 0 Å². The van der Waals surface area contributed by atoms with Gasteiger partial charge in [-0.1, -0.05) is 23.5 Å². The minimum absolute atomic E-state index is 0.144. The first kappa shape index (κ1) is 20.0. The number of sulfone groups is 1. The molecule has 0 atom stereocenters. The van der Waals surface area contributed by atoms with E-state index in [0.29, 0.717) is 10.2 Å². The highest BCUT2D eigenvalue weighted by molar-refractivity contribution is 7.90. The van der Waals surface area contributed by atoms with Crippen molar-refractivity contribution in [2.75, 3.05) is 11.6 Å². The van der Waals surface area contributed by atoms with Crippen molar-refractivity contribution in [3.8, 4) is 0 Å². The van der Waals surface area contributed by atoms with Crippen LogP contribution in [0.1, 0.15) is 11.1 Å². The molecule has 146 valence electrons. The SMILES string of the molecule is CS(=O)(=O)c1ccc2nc(NC(=O)C=Cc3cccc(C(F)(F)F)c3)sc2c1. The number of thiazole rings is 1. The molecule has 3 rings (SSSR count). The third kappa shape index (κ3) is 4.76. The van der Waals surface area contributed by atoms with Crippen LogP contribution >= 0.6 is 11.3 Å². The highest BCUT2D eigenvalue weighted by Crippen LogP contribution is 2.30. The first-order valence-corrected chi connectivity index (χ1v) is 10.5. The van der Waals surface area contributed by atoms with Crippen molar-refractivity contribution >= 4 is 48.5 Å². The second-order valence-corrected chi connectivity index (χ2v) is 8.91. The van der Waals surface area contributed by atoms with Crippen LogP contribution in [0.2, 0.25) is 0 Å². The van der Waals surface area contributed by atoms with Gasteiger partial charge in [0, 0.05) is 12.3 Å². The maximum Gasteiger partial charge on any atom is 0.416 e. The molecular weight excluding hydrogens is 413 g/mol. The van der Waals surface area contributed by atoms with Crippen LogP contribution in [-0.4, -0.2) is 25.6 Å². The molecule has 0 unspecified atom stereocenters. The van der Waals surface area contributed by atoms with E-state index in [2.05, 4.69) is 10.3 Å². The summed E-state index contributed by atoms with van der Waals surface area (Å²) >= 11 is 1.09. The summed E-state index contributed by atoms with van der Waals surface area (Å²) in [4.78, 5) is 16.4. The van der Waals surface area contributed by atoms with Gasteiger partial charge in [0.15, 0.2) is 15.0 Å². The molecule has 1 amide bonds. The fraction of sp³-hybridized carbons (Fsp3) is 0.111. The maximum atomic E-state index is 12.7. The normalized spacial score (nSPS) is 12.6. The van der Waals surface area contributed by atoms with Crippen LogP contribution in [0.3, 0.4) is 0 Å². The van der Waals surface area contributed by atoms with Gasteiger partial charge in [-0.3, -0.25) is 10.1 Å². The number of nitrogens with one attached hydrogen (secondary N) is 1. The number of halogens is 3. The van der Waals surface area contributed by atoms with Gasteiger partial charge in [-0.25, -0.2) is 13.4 Å². The molecule has 0 saturated heterocycles. The van der Waals surface area contributed by atoms with Crippen molar-refractivity contribution in [2.45, 2.75) is 11.1 Å². The molecule has 10 heteroatoms. The van der Waals surface area contributed by atoms with E-state index in [4.69, 9.17) is 0 Å². The lowest BCUT2D eigenvalue weighted by atomic mass is 10.1. The zero-order valence-electron chi connectivity index (χ0n) is 14.3. The van der Waals surface area contributed by atoms with Crippen LogP contribution < -0.4 is 5.32 Å². The molecule has 28 heavy (non-hydrogen) atoms. The zero-order chi connectivity index (χ0) is 20.5. The van der Waals surface area contributed by atoms with Crippen LogP contribution in [0.5, 0.6) is 0 Å². The highest BCUT2D eigenvalue weighted by atomic mass is 32.2. The van der Waals surface area contributed by atoms with Crippen LogP contribution in [-0.2, 0) is 20.8 Å². The predicted octanol–water partition coefficient (Wildman–Crippen LogP) is 4.37. The lowest BCUT2D eigenvalue weighted by Crippen LogP contribution is -2.07. The van der Waals surface area contributed by atoms with Gasteiger partial charge in [-0.15, -0.1) is 0 Å². The quantitative estimate of drug-likeness (QED) is 0.629. The minimum atomic E-state index is -4.46. The Morgan fingerprint density at radius 2 is 1.93 bits per heavy atom. The number of nitrogens with zero attached hydrogens (tertiary/aromatic N) is 1. The Morgan fingerprint density at radius 1 is 1.18 bits per heavy atom. The Bertz CT molecular complexity index is 1180. The average molecular weight is 426 g/mol. The van der Waals surface area contributed by atoms with Gasteiger partial charge in [0.2, 0.25) is 5.91 Å². The van der Waals surface area contributed by atoms with Gasteiger partial charge >= 0.3 is 6.18 Å². The number of anilines is 1. The first-order valence-electron chi connectivity index (χ1n) is 7.79. The number of hydrogen-bond donors (Lipinski definition) is 1. The van der Waals surface area contributed by atoms with Gasteiger partial charge in [-0.2, -0.15) is 13.2 Å².